The molecule has 1 heterocycles. The van der Waals surface area contributed by atoms with Crippen LogP contribution in [0.2, 0.25) is 5.02 Å². The van der Waals surface area contributed by atoms with Gasteiger partial charge in [-0.1, -0.05) is 72.3 Å². The Labute approximate surface area is 156 Å². The van der Waals surface area contributed by atoms with Gasteiger partial charge in [0.15, 0.2) is 0 Å². The average Bonchev–Trinajstić information content (AvgIpc) is 2.65. The first-order chi connectivity index (χ1) is 12.6. The molecule has 0 spiro atoms. The highest BCUT2D eigenvalue weighted by molar-refractivity contribution is 6.32. The molecule has 0 unspecified atom stereocenters. The third kappa shape index (κ3) is 3.04. The summed E-state index contributed by atoms with van der Waals surface area (Å²) in [6.45, 7) is 1.91. The van der Waals surface area contributed by atoms with Gasteiger partial charge in [-0.15, -0.1) is 0 Å². The van der Waals surface area contributed by atoms with E-state index >= 15 is 0 Å². The molecule has 0 bridgehead atoms. The molecule has 0 amide bonds. The van der Waals surface area contributed by atoms with Gasteiger partial charge in [-0.05, 0) is 47.7 Å². The first-order valence-corrected chi connectivity index (χ1v) is 8.86. The standard InChI is InChI=1S/C23H17ClO2/c1-15-12-21-18(14-20(15)24)19(13-16-8-4-2-5-9-16)22(23(25)26-21)17-10-6-3-7-11-17/h2-12,14H,13H2,1H3. The molecule has 3 heteroatoms. The Morgan fingerprint density at radius 2 is 1.58 bits per heavy atom. The van der Waals surface area contributed by atoms with Gasteiger partial charge in [-0.2, -0.15) is 0 Å². The van der Waals surface area contributed by atoms with E-state index in [1.165, 1.54) is 0 Å². The van der Waals surface area contributed by atoms with E-state index in [0.717, 1.165) is 27.6 Å². The Bertz CT molecular complexity index is 1130. The Hall–Kier alpha value is -2.84. The highest BCUT2D eigenvalue weighted by atomic mass is 35.5. The van der Waals surface area contributed by atoms with Crippen LogP contribution in [0.1, 0.15) is 16.7 Å². The minimum atomic E-state index is -0.323. The SMILES string of the molecule is Cc1cc2oc(=O)c(-c3ccccc3)c(Cc3ccccc3)c2cc1Cl. The summed E-state index contributed by atoms with van der Waals surface area (Å²) in [6, 6.07) is 23.5. The van der Waals surface area contributed by atoms with Gasteiger partial charge in [0.05, 0.1) is 5.56 Å². The molecule has 1 aromatic heterocycles. The molecule has 128 valence electrons. The highest BCUT2D eigenvalue weighted by Crippen LogP contribution is 2.32. The maximum Gasteiger partial charge on any atom is 0.344 e. The lowest BCUT2D eigenvalue weighted by Crippen LogP contribution is -2.09. The number of halogens is 1. The molecule has 4 aromatic rings. The molecule has 0 fully saturated rings. The minimum absolute atomic E-state index is 0.323. The molecule has 2 nitrogen and oxygen atoms in total. The molecular weight excluding hydrogens is 344 g/mol. The number of hydrogen-bond acceptors (Lipinski definition) is 2. The fourth-order valence-corrected chi connectivity index (χ4v) is 3.43. The smallest absolute Gasteiger partial charge is 0.344 e. The van der Waals surface area contributed by atoms with Crippen LogP contribution < -0.4 is 5.63 Å². The largest absolute Gasteiger partial charge is 0.422 e. The van der Waals surface area contributed by atoms with Crippen LogP contribution in [0.15, 0.2) is 82.0 Å². The number of aryl methyl sites for hydroxylation is 1. The average molecular weight is 361 g/mol. The Kier molecular flexibility index (Phi) is 4.36. The zero-order valence-electron chi connectivity index (χ0n) is 14.3. The van der Waals surface area contributed by atoms with Gasteiger partial charge in [0, 0.05) is 10.4 Å². The van der Waals surface area contributed by atoms with E-state index in [0.29, 0.717) is 22.6 Å². The van der Waals surface area contributed by atoms with Crippen LogP contribution in [0, 0.1) is 6.92 Å². The van der Waals surface area contributed by atoms with Crippen molar-refractivity contribution in [3.05, 3.63) is 105 Å². The van der Waals surface area contributed by atoms with Gasteiger partial charge >= 0.3 is 5.63 Å². The van der Waals surface area contributed by atoms with Gasteiger partial charge in [0.1, 0.15) is 5.58 Å². The van der Waals surface area contributed by atoms with Crippen LogP contribution in [0.4, 0.5) is 0 Å². The second kappa shape index (κ2) is 6.81. The Morgan fingerprint density at radius 3 is 2.27 bits per heavy atom. The number of rotatable bonds is 3. The summed E-state index contributed by atoms with van der Waals surface area (Å²) in [5, 5.41) is 1.54. The summed E-state index contributed by atoms with van der Waals surface area (Å²) in [5.74, 6) is 0. The van der Waals surface area contributed by atoms with Crippen molar-refractivity contribution < 1.29 is 4.42 Å². The first kappa shape index (κ1) is 16.6. The maximum atomic E-state index is 12.8. The maximum absolute atomic E-state index is 12.8. The second-order valence-corrected chi connectivity index (χ2v) is 6.78. The van der Waals surface area contributed by atoms with Crippen LogP contribution in [0.5, 0.6) is 0 Å². The van der Waals surface area contributed by atoms with Crippen molar-refractivity contribution in [3.63, 3.8) is 0 Å². The summed E-state index contributed by atoms with van der Waals surface area (Å²) >= 11 is 6.38. The normalized spacial score (nSPS) is 11.0. The molecule has 0 saturated carbocycles. The van der Waals surface area contributed by atoms with Crippen molar-refractivity contribution in [2.75, 3.05) is 0 Å². The number of fused-ring (bicyclic) bond motifs is 1. The third-order valence-corrected chi connectivity index (χ3v) is 4.99. The van der Waals surface area contributed by atoms with Crippen LogP contribution in [0.3, 0.4) is 0 Å². The van der Waals surface area contributed by atoms with E-state index in [1.54, 1.807) is 0 Å². The van der Waals surface area contributed by atoms with Gasteiger partial charge < -0.3 is 4.42 Å². The molecular formula is C23H17ClO2. The lowest BCUT2D eigenvalue weighted by Gasteiger charge is -2.13. The fourth-order valence-electron chi connectivity index (χ4n) is 3.26. The summed E-state index contributed by atoms with van der Waals surface area (Å²) in [4.78, 5) is 12.8. The second-order valence-electron chi connectivity index (χ2n) is 6.37. The lowest BCUT2D eigenvalue weighted by molar-refractivity contribution is 0.561. The van der Waals surface area contributed by atoms with Crippen LogP contribution in [-0.2, 0) is 6.42 Å². The number of benzene rings is 3. The van der Waals surface area contributed by atoms with Crippen molar-refractivity contribution >= 4 is 22.6 Å². The Morgan fingerprint density at radius 1 is 0.923 bits per heavy atom. The molecule has 3 aromatic carbocycles. The van der Waals surface area contributed by atoms with E-state index in [2.05, 4.69) is 12.1 Å². The van der Waals surface area contributed by atoms with Gasteiger partial charge in [-0.3, -0.25) is 0 Å². The van der Waals surface area contributed by atoms with E-state index in [-0.39, 0.29) is 5.63 Å². The predicted molar refractivity (Wildman–Crippen MR) is 107 cm³/mol. The monoisotopic (exact) mass is 360 g/mol. The lowest BCUT2D eigenvalue weighted by atomic mass is 9.93. The molecule has 0 aliphatic rings. The third-order valence-electron chi connectivity index (χ3n) is 4.58. The van der Waals surface area contributed by atoms with Crippen LogP contribution >= 0.6 is 11.6 Å². The number of hydrogen-bond donors (Lipinski definition) is 0. The zero-order chi connectivity index (χ0) is 18.1. The van der Waals surface area contributed by atoms with E-state index in [4.69, 9.17) is 16.0 Å². The van der Waals surface area contributed by atoms with E-state index in [9.17, 15) is 4.79 Å². The van der Waals surface area contributed by atoms with E-state index in [1.807, 2.05) is 67.6 Å². The Balaban J connectivity index is 2.06. The topological polar surface area (TPSA) is 30.2 Å². The summed E-state index contributed by atoms with van der Waals surface area (Å²) in [6.07, 6.45) is 0.632. The van der Waals surface area contributed by atoms with Gasteiger partial charge in [-0.25, -0.2) is 4.79 Å². The van der Waals surface area contributed by atoms with Gasteiger partial charge in [0.2, 0.25) is 0 Å². The molecule has 26 heavy (non-hydrogen) atoms. The summed E-state index contributed by atoms with van der Waals surface area (Å²) in [5.41, 5.74) is 4.66. The molecule has 0 saturated heterocycles. The van der Waals surface area contributed by atoms with Crippen molar-refractivity contribution in [1.82, 2.24) is 0 Å². The van der Waals surface area contributed by atoms with Crippen molar-refractivity contribution in [2.24, 2.45) is 0 Å². The fraction of sp³-hybridized carbons (Fsp3) is 0.0870. The summed E-state index contributed by atoms with van der Waals surface area (Å²) < 4.78 is 5.65. The minimum Gasteiger partial charge on any atom is -0.422 e. The van der Waals surface area contributed by atoms with Gasteiger partial charge in [0.25, 0.3) is 0 Å². The van der Waals surface area contributed by atoms with Crippen molar-refractivity contribution in [1.29, 1.82) is 0 Å². The molecule has 0 aliphatic heterocycles. The molecule has 4 rings (SSSR count). The van der Waals surface area contributed by atoms with Crippen molar-refractivity contribution in [2.45, 2.75) is 13.3 Å². The highest BCUT2D eigenvalue weighted by Gasteiger charge is 2.17. The summed E-state index contributed by atoms with van der Waals surface area (Å²) in [7, 11) is 0. The van der Waals surface area contributed by atoms with Crippen LogP contribution in [0.25, 0.3) is 22.1 Å². The predicted octanol–water partition coefficient (Wildman–Crippen LogP) is 6.01. The molecule has 0 aliphatic carbocycles. The molecule has 0 radical (unpaired) electrons. The first-order valence-electron chi connectivity index (χ1n) is 8.48. The van der Waals surface area contributed by atoms with Crippen molar-refractivity contribution in [3.8, 4) is 11.1 Å². The zero-order valence-corrected chi connectivity index (χ0v) is 15.1. The molecule has 0 N–H and O–H groups in total. The quantitative estimate of drug-likeness (QED) is 0.418. The molecule has 0 atom stereocenters. The van der Waals surface area contributed by atoms with E-state index < -0.39 is 0 Å². The van der Waals surface area contributed by atoms with Crippen LogP contribution in [-0.4, -0.2) is 0 Å².